The van der Waals surface area contributed by atoms with Crippen LogP contribution >= 0.6 is 12.4 Å². The van der Waals surface area contributed by atoms with Crippen LogP contribution in [-0.2, 0) is 13.0 Å². The zero-order chi connectivity index (χ0) is 13.2. The monoisotopic (exact) mass is 300 g/mol. The zero-order valence-electron chi connectivity index (χ0n) is 12.3. The number of piperidine rings is 1. The van der Waals surface area contributed by atoms with E-state index in [1.807, 2.05) is 0 Å². The minimum atomic E-state index is 0. The van der Waals surface area contributed by atoms with Gasteiger partial charge in [0.05, 0.1) is 6.54 Å². The van der Waals surface area contributed by atoms with Gasteiger partial charge in [-0.1, -0.05) is 19.0 Å². The normalized spacial score (nSPS) is 26.6. The van der Waals surface area contributed by atoms with Gasteiger partial charge in [0.1, 0.15) is 0 Å². The maximum absolute atomic E-state index is 5.36. The molecular weight excluding hydrogens is 276 g/mol. The summed E-state index contributed by atoms with van der Waals surface area (Å²) in [5.41, 5.74) is 0. The summed E-state index contributed by atoms with van der Waals surface area (Å²) in [7, 11) is 0. The Morgan fingerprint density at radius 3 is 3.05 bits per heavy atom. The van der Waals surface area contributed by atoms with Crippen LogP contribution in [0.25, 0.3) is 0 Å². The van der Waals surface area contributed by atoms with Gasteiger partial charge in [-0.15, -0.1) is 12.4 Å². The molecule has 20 heavy (non-hydrogen) atoms. The van der Waals surface area contributed by atoms with E-state index in [1.54, 1.807) is 0 Å². The lowest BCUT2D eigenvalue weighted by molar-refractivity contribution is 0.140. The summed E-state index contributed by atoms with van der Waals surface area (Å²) in [5.74, 6) is 3.01. The molecule has 0 radical (unpaired) electrons. The number of aromatic nitrogens is 2. The predicted molar refractivity (Wildman–Crippen MR) is 79.9 cm³/mol. The molecule has 2 fully saturated rings. The molecule has 0 amide bonds. The van der Waals surface area contributed by atoms with Crippen molar-refractivity contribution in [3.8, 4) is 0 Å². The Morgan fingerprint density at radius 2 is 2.25 bits per heavy atom. The number of fused-ring (bicyclic) bond motifs is 1. The van der Waals surface area contributed by atoms with Gasteiger partial charge in [-0.25, -0.2) is 0 Å². The first-order chi connectivity index (χ1) is 9.20. The summed E-state index contributed by atoms with van der Waals surface area (Å²) in [6, 6.07) is 0.746. The van der Waals surface area contributed by atoms with E-state index in [2.05, 4.69) is 34.2 Å². The Hall–Kier alpha value is -0.650. The first-order valence-electron chi connectivity index (χ1n) is 7.48. The van der Waals surface area contributed by atoms with Crippen LogP contribution in [0.3, 0.4) is 0 Å². The zero-order valence-corrected chi connectivity index (χ0v) is 13.2. The van der Waals surface area contributed by atoms with E-state index >= 15 is 0 Å². The molecule has 1 aromatic heterocycles. The van der Waals surface area contributed by atoms with Crippen LogP contribution in [0, 0.1) is 11.8 Å². The number of likely N-dealkylation sites (tertiary alicyclic amines) is 1. The molecule has 1 aromatic rings. The van der Waals surface area contributed by atoms with Crippen molar-refractivity contribution in [1.82, 2.24) is 20.4 Å². The van der Waals surface area contributed by atoms with Crippen LogP contribution in [0.2, 0.25) is 0 Å². The molecule has 2 saturated heterocycles. The molecule has 2 atom stereocenters. The van der Waals surface area contributed by atoms with E-state index in [0.29, 0.717) is 5.92 Å². The molecule has 114 valence electrons. The van der Waals surface area contributed by atoms with Gasteiger partial charge in [0, 0.05) is 25.6 Å². The molecule has 2 unspecified atom stereocenters. The summed E-state index contributed by atoms with van der Waals surface area (Å²) in [5, 5.41) is 7.65. The van der Waals surface area contributed by atoms with E-state index in [9.17, 15) is 0 Å². The van der Waals surface area contributed by atoms with Gasteiger partial charge in [-0.3, -0.25) is 4.90 Å². The maximum Gasteiger partial charge on any atom is 0.240 e. The van der Waals surface area contributed by atoms with E-state index < -0.39 is 0 Å². The van der Waals surface area contributed by atoms with Crippen molar-refractivity contribution >= 4 is 12.4 Å². The van der Waals surface area contributed by atoms with Crippen LogP contribution in [0.15, 0.2) is 4.52 Å². The molecule has 3 heterocycles. The van der Waals surface area contributed by atoms with Gasteiger partial charge in [-0.05, 0) is 31.2 Å². The molecule has 0 spiro atoms. The second kappa shape index (κ2) is 6.87. The highest BCUT2D eigenvalue weighted by Gasteiger charge is 2.32. The SMILES string of the molecule is CC(C)Cc1noc(CN2CCC3NCCC3C2)n1.Cl. The summed E-state index contributed by atoms with van der Waals surface area (Å²) in [4.78, 5) is 6.95. The molecule has 0 saturated carbocycles. The third-order valence-electron chi connectivity index (χ3n) is 4.20. The third-order valence-corrected chi connectivity index (χ3v) is 4.20. The highest BCUT2D eigenvalue weighted by molar-refractivity contribution is 5.85. The van der Waals surface area contributed by atoms with Gasteiger partial charge in [0.2, 0.25) is 5.89 Å². The minimum Gasteiger partial charge on any atom is -0.338 e. The number of halogens is 1. The van der Waals surface area contributed by atoms with Gasteiger partial charge in [0.15, 0.2) is 5.82 Å². The predicted octanol–water partition coefficient (Wildman–Crippen LogP) is 1.87. The van der Waals surface area contributed by atoms with Crippen LogP contribution < -0.4 is 5.32 Å². The molecule has 1 N–H and O–H groups in total. The molecule has 2 aliphatic rings. The summed E-state index contributed by atoms with van der Waals surface area (Å²) < 4.78 is 5.36. The lowest BCUT2D eigenvalue weighted by atomic mass is 9.93. The Balaban J connectivity index is 0.00000147. The fourth-order valence-electron chi connectivity index (χ4n) is 3.26. The van der Waals surface area contributed by atoms with Crippen LogP contribution in [0.4, 0.5) is 0 Å². The number of nitrogens with one attached hydrogen (secondary N) is 1. The van der Waals surface area contributed by atoms with Crippen molar-refractivity contribution in [2.75, 3.05) is 19.6 Å². The topological polar surface area (TPSA) is 54.2 Å². The fraction of sp³-hybridized carbons (Fsp3) is 0.857. The van der Waals surface area contributed by atoms with Crippen LogP contribution in [0.5, 0.6) is 0 Å². The van der Waals surface area contributed by atoms with Crippen molar-refractivity contribution in [2.45, 2.75) is 45.7 Å². The molecule has 2 aliphatic heterocycles. The van der Waals surface area contributed by atoms with E-state index in [-0.39, 0.29) is 12.4 Å². The Labute approximate surface area is 126 Å². The van der Waals surface area contributed by atoms with Gasteiger partial charge >= 0.3 is 0 Å². The number of rotatable bonds is 4. The van der Waals surface area contributed by atoms with Crippen molar-refractivity contribution in [3.05, 3.63) is 11.7 Å². The highest BCUT2D eigenvalue weighted by atomic mass is 35.5. The molecule has 0 aliphatic carbocycles. The summed E-state index contributed by atoms with van der Waals surface area (Å²) in [6.07, 6.45) is 3.46. The van der Waals surface area contributed by atoms with Gasteiger partial charge < -0.3 is 9.84 Å². The maximum atomic E-state index is 5.36. The number of hydrogen-bond donors (Lipinski definition) is 1. The van der Waals surface area contributed by atoms with Crippen molar-refractivity contribution in [2.24, 2.45) is 11.8 Å². The molecule has 0 bridgehead atoms. The number of nitrogens with zero attached hydrogens (tertiary/aromatic N) is 3. The fourth-order valence-corrected chi connectivity index (χ4v) is 3.26. The first kappa shape index (κ1) is 15.7. The molecule has 6 heteroatoms. The summed E-state index contributed by atoms with van der Waals surface area (Å²) in [6.45, 7) is 8.65. The van der Waals surface area contributed by atoms with E-state index in [0.717, 1.165) is 43.2 Å². The van der Waals surface area contributed by atoms with Gasteiger partial charge in [0.25, 0.3) is 0 Å². The molecule has 5 nitrogen and oxygen atoms in total. The highest BCUT2D eigenvalue weighted by Crippen LogP contribution is 2.25. The second-order valence-corrected chi connectivity index (χ2v) is 6.34. The lowest BCUT2D eigenvalue weighted by Gasteiger charge is -2.33. The van der Waals surface area contributed by atoms with Crippen molar-refractivity contribution < 1.29 is 4.52 Å². The van der Waals surface area contributed by atoms with Crippen LogP contribution in [-0.4, -0.2) is 40.7 Å². The Morgan fingerprint density at radius 1 is 1.40 bits per heavy atom. The van der Waals surface area contributed by atoms with E-state index in [1.165, 1.54) is 25.9 Å². The van der Waals surface area contributed by atoms with Crippen LogP contribution in [0.1, 0.15) is 38.4 Å². The third kappa shape index (κ3) is 3.71. The minimum absolute atomic E-state index is 0. The van der Waals surface area contributed by atoms with Crippen molar-refractivity contribution in [3.63, 3.8) is 0 Å². The first-order valence-corrected chi connectivity index (χ1v) is 7.48. The smallest absolute Gasteiger partial charge is 0.240 e. The quantitative estimate of drug-likeness (QED) is 0.920. The van der Waals surface area contributed by atoms with E-state index in [4.69, 9.17) is 4.52 Å². The average Bonchev–Trinajstić information content (AvgIpc) is 2.97. The Kier molecular flexibility index (Phi) is 5.41. The lowest BCUT2D eigenvalue weighted by Crippen LogP contribution is -2.43. The molecular formula is C14H25ClN4O. The standard InChI is InChI=1S/C14H24N4O.ClH/c1-10(2)7-13-16-14(19-17-13)9-18-6-4-12-11(8-18)3-5-15-12;/h10-12,15H,3-9H2,1-2H3;1H. The van der Waals surface area contributed by atoms with Crippen molar-refractivity contribution in [1.29, 1.82) is 0 Å². The Bertz CT molecular complexity index is 423. The molecule has 3 rings (SSSR count). The number of hydrogen-bond acceptors (Lipinski definition) is 5. The summed E-state index contributed by atoms with van der Waals surface area (Å²) >= 11 is 0. The molecule has 0 aromatic carbocycles. The average molecular weight is 301 g/mol. The van der Waals surface area contributed by atoms with Gasteiger partial charge in [-0.2, -0.15) is 4.98 Å². The second-order valence-electron chi connectivity index (χ2n) is 6.34. The largest absolute Gasteiger partial charge is 0.338 e.